The average molecular weight is 287 g/mol. The van der Waals surface area contributed by atoms with Crippen LogP contribution < -0.4 is 10.9 Å². The first-order valence-electron chi connectivity index (χ1n) is 5.94. The van der Waals surface area contributed by atoms with Gasteiger partial charge in [-0.2, -0.15) is 0 Å². The van der Waals surface area contributed by atoms with Crippen LogP contribution in [0, 0.1) is 10.1 Å². The number of nitrogens with one attached hydrogen (secondary N) is 2. The van der Waals surface area contributed by atoms with Crippen LogP contribution in [0.1, 0.15) is 5.69 Å². The van der Waals surface area contributed by atoms with Crippen molar-refractivity contribution in [1.82, 2.24) is 15.1 Å². The fourth-order valence-corrected chi connectivity index (χ4v) is 1.91. The smallest absolute Gasteiger partial charge is 0.293 e. The maximum atomic E-state index is 11.6. The van der Waals surface area contributed by atoms with Crippen molar-refractivity contribution in [3.63, 3.8) is 0 Å². The molecule has 3 aromatic rings. The lowest BCUT2D eigenvalue weighted by Crippen LogP contribution is -2.09. The second-order valence-corrected chi connectivity index (χ2v) is 4.22. The Balaban J connectivity index is 2.05. The highest BCUT2D eigenvalue weighted by Gasteiger charge is 2.17. The summed E-state index contributed by atoms with van der Waals surface area (Å²) in [6.45, 7) is 0.256. The van der Waals surface area contributed by atoms with Crippen molar-refractivity contribution in [3.05, 3.63) is 57.0 Å². The topological polar surface area (TPSA) is 127 Å². The summed E-state index contributed by atoms with van der Waals surface area (Å²) in [7, 11) is 0. The Morgan fingerprint density at radius 1 is 1.43 bits per heavy atom. The lowest BCUT2D eigenvalue weighted by atomic mass is 10.2. The molecule has 0 fully saturated rings. The van der Waals surface area contributed by atoms with Crippen LogP contribution in [0.2, 0.25) is 0 Å². The van der Waals surface area contributed by atoms with Gasteiger partial charge in [-0.1, -0.05) is 5.16 Å². The van der Waals surface area contributed by atoms with Gasteiger partial charge in [-0.25, -0.2) is 4.98 Å². The highest BCUT2D eigenvalue weighted by molar-refractivity contribution is 5.86. The summed E-state index contributed by atoms with van der Waals surface area (Å²) in [6, 6.07) is 4.30. The zero-order valence-corrected chi connectivity index (χ0v) is 10.6. The largest absolute Gasteiger partial charge is 0.374 e. The Hall–Kier alpha value is -3.23. The number of nitrogens with zero attached hydrogens (tertiary/aromatic N) is 3. The summed E-state index contributed by atoms with van der Waals surface area (Å²) in [4.78, 5) is 28.6. The first-order chi connectivity index (χ1) is 10.1. The van der Waals surface area contributed by atoms with Crippen molar-refractivity contribution < 1.29 is 9.45 Å². The molecule has 0 bridgehead atoms. The Labute approximate surface area is 116 Å². The van der Waals surface area contributed by atoms with Crippen LogP contribution in [0.4, 0.5) is 11.4 Å². The number of rotatable bonds is 4. The van der Waals surface area contributed by atoms with E-state index in [0.717, 1.165) is 0 Å². The minimum Gasteiger partial charge on any atom is -0.374 e. The molecule has 9 nitrogen and oxygen atoms in total. The first-order valence-corrected chi connectivity index (χ1v) is 5.94. The number of H-pyrrole nitrogens is 1. The summed E-state index contributed by atoms with van der Waals surface area (Å²) in [6.07, 6.45) is 2.66. The molecular formula is C12H9N5O4. The highest BCUT2D eigenvalue weighted by Crippen LogP contribution is 2.28. The predicted molar refractivity (Wildman–Crippen MR) is 72.8 cm³/mol. The van der Waals surface area contributed by atoms with Gasteiger partial charge in [0.05, 0.1) is 28.7 Å². The van der Waals surface area contributed by atoms with Crippen molar-refractivity contribution in [2.75, 3.05) is 5.32 Å². The molecule has 0 saturated carbocycles. The zero-order valence-electron chi connectivity index (χ0n) is 10.6. The van der Waals surface area contributed by atoms with Gasteiger partial charge in [-0.05, 0) is 6.07 Å². The molecule has 0 amide bonds. The fraction of sp³-hybridized carbons (Fsp3) is 0.0833. The zero-order chi connectivity index (χ0) is 14.8. The molecule has 0 spiro atoms. The van der Waals surface area contributed by atoms with Crippen LogP contribution in [-0.4, -0.2) is 20.0 Å². The second-order valence-electron chi connectivity index (χ2n) is 4.22. The van der Waals surface area contributed by atoms with Gasteiger partial charge in [0.25, 0.3) is 11.2 Å². The molecule has 2 aromatic heterocycles. The van der Waals surface area contributed by atoms with Gasteiger partial charge in [-0.15, -0.1) is 0 Å². The van der Waals surface area contributed by atoms with E-state index in [9.17, 15) is 14.9 Å². The van der Waals surface area contributed by atoms with Gasteiger partial charge in [0.15, 0.2) is 0 Å². The lowest BCUT2D eigenvalue weighted by molar-refractivity contribution is -0.383. The third kappa shape index (κ3) is 2.43. The number of nitro groups is 1. The fourth-order valence-electron chi connectivity index (χ4n) is 1.91. The Morgan fingerprint density at radius 2 is 2.29 bits per heavy atom. The third-order valence-corrected chi connectivity index (χ3v) is 2.91. The third-order valence-electron chi connectivity index (χ3n) is 2.91. The molecule has 0 aliphatic carbocycles. The van der Waals surface area contributed by atoms with E-state index in [0.29, 0.717) is 11.2 Å². The molecule has 0 atom stereocenters. The molecular weight excluding hydrogens is 278 g/mol. The molecule has 0 aliphatic rings. The quantitative estimate of drug-likeness (QED) is 0.548. The van der Waals surface area contributed by atoms with E-state index in [1.165, 1.54) is 24.7 Å². The van der Waals surface area contributed by atoms with Gasteiger partial charge in [0.1, 0.15) is 17.6 Å². The van der Waals surface area contributed by atoms with Gasteiger partial charge >= 0.3 is 0 Å². The molecule has 0 radical (unpaired) electrons. The number of fused-ring (bicyclic) bond motifs is 1. The van der Waals surface area contributed by atoms with Crippen molar-refractivity contribution in [2.45, 2.75) is 6.54 Å². The number of nitro benzene ring substituents is 1. The number of hydrogen-bond donors (Lipinski definition) is 2. The Bertz CT molecular complexity index is 856. The van der Waals surface area contributed by atoms with E-state index < -0.39 is 10.5 Å². The van der Waals surface area contributed by atoms with E-state index in [4.69, 9.17) is 0 Å². The SMILES string of the molecule is O=c1[nH]cnc2cc(NCc3ccon3)c([N+](=O)[O-])cc12. The molecule has 2 heterocycles. The van der Waals surface area contributed by atoms with Crippen LogP contribution in [0.15, 0.2) is 40.1 Å². The van der Waals surface area contributed by atoms with Gasteiger partial charge < -0.3 is 14.8 Å². The number of benzene rings is 1. The number of aromatic nitrogens is 3. The van der Waals surface area contributed by atoms with E-state index in [-0.39, 0.29) is 23.3 Å². The molecule has 0 aliphatic heterocycles. The number of aromatic amines is 1. The Kier molecular flexibility index (Phi) is 3.07. The van der Waals surface area contributed by atoms with E-state index in [1.54, 1.807) is 6.07 Å². The number of hydrogen-bond acceptors (Lipinski definition) is 7. The van der Waals surface area contributed by atoms with Gasteiger partial charge in [0, 0.05) is 12.1 Å². The standard InChI is InChI=1S/C12H9N5O4/c18-12-8-3-11(17(19)20)10(4-9(8)14-6-15-12)13-5-7-1-2-21-16-7/h1-4,6,13H,5H2,(H,14,15,18). The van der Waals surface area contributed by atoms with Crippen LogP contribution in [0.3, 0.4) is 0 Å². The summed E-state index contributed by atoms with van der Waals surface area (Å²) in [5, 5.41) is 17.9. The monoisotopic (exact) mass is 287 g/mol. The second kappa shape index (κ2) is 5.04. The summed E-state index contributed by atoms with van der Waals surface area (Å²) >= 11 is 0. The van der Waals surface area contributed by atoms with E-state index in [2.05, 4.69) is 25.0 Å². The molecule has 3 rings (SSSR count). The maximum absolute atomic E-state index is 11.6. The summed E-state index contributed by atoms with van der Waals surface area (Å²) in [5.41, 5.74) is 0.597. The molecule has 2 N–H and O–H groups in total. The highest BCUT2D eigenvalue weighted by atomic mass is 16.6. The molecule has 0 saturated heterocycles. The van der Waals surface area contributed by atoms with Crippen molar-refractivity contribution in [3.8, 4) is 0 Å². The van der Waals surface area contributed by atoms with Crippen LogP contribution in [0.25, 0.3) is 10.9 Å². The average Bonchev–Trinajstić information content (AvgIpc) is 2.97. The number of anilines is 1. The predicted octanol–water partition coefficient (Wildman–Crippen LogP) is 1.43. The summed E-state index contributed by atoms with van der Waals surface area (Å²) < 4.78 is 4.68. The molecule has 1 aromatic carbocycles. The lowest BCUT2D eigenvalue weighted by Gasteiger charge is -2.06. The van der Waals surface area contributed by atoms with Gasteiger partial charge in [-0.3, -0.25) is 14.9 Å². The molecule has 0 unspecified atom stereocenters. The van der Waals surface area contributed by atoms with Crippen molar-refractivity contribution >= 4 is 22.3 Å². The molecule has 106 valence electrons. The maximum Gasteiger partial charge on any atom is 0.293 e. The first kappa shape index (κ1) is 12.8. The van der Waals surface area contributed by atoms with Crippen molar-refractivity contribution in [1.29, 1.82) is 0 Å². The minimum atomic E-state index is -0.559. The van der Waals surface area contributed by atoms with Crippen LogP contribution >= 0.6 is 0 Å². The molecule has 21 heavy (non-hydrogen) atoms. The van der Waals surface area contributed by atoms with Crippen molar-refractivity contribution in [2.24, 2.45) is 0 Å². The van der Waals surface area contributed by atoms with E-state index >= 15 is 0 Å². The van der Waals surface area contributed by atoms with Crippen LogP contribution in [-0.2, 0) is 6.54 Å². The Morgan fingerprint density at radius 3 is 3.00 bits per heavy atom. The minimum absolute atomic E-state index is 0.163. The van der Waals surface area contributed by atoms with Crippen LogP contribution in [0.5, 0.6) is 0 Å². The summed E-state index contributed by atoms with van der Waals surface area (Å²) in [5.74, 6) is 0. The normalized spacial score (nSPS) is 10.7. The molecule has 9 heteroatoms. The van der Waals surface area contributed by atoms with E-state index in [1.807, 2.05) is 0 Å². The van der Waals surface area contributed by atoms with Gasteiger partial charge in [0.2, 0.25) is 0 Å².